The second-order valence-electron chi connectivity index (χ2n) is 8.00. The summed E-state index contributed by atoms with van der Waals surface area (Å²) in [6.07, 6.45) is 5.34. The van der Waals surface area contributed by atoms with Gasteiger partial charge in [-0.3, -0.25) is 0 Å². The third kappa shape index (κ3) is 4.59. The monoisotopic (exact) mass is 467 g/mol. The van der Waals surface area contributed by atoms with Crippen molar-refractivity contribution in [3.63, 3.8) is 0 Å². The molecule has 2 nitrogen and oxygen atoms in total. The summed E-state index contributed by atoms with van der Waals surface area (Å²) < 4.78 is 47.6. The van der Waals surface area contributed by atoms with E-state index in [1.54, 1.807) is 23.9 Å². The number of ether oxygens (including phenoxy) is 1. The summed E-state index contributed by atoms with van der Waals surface area (Å²) in [5, 5.41) is 0. The van der Waals surface area contributed by atoms with Crippen molar-refractivity contribution in [3.05, 3.63) is 106 Å². The zero-order valence-corrected chi connectivity index (χ0v) is 19.2. The minimum atomic E-state index is -1.24. The lowest BCUT2D eigenvalue weighted by atomic mass is 9.87. The molecule has 2 atom stereocenters. The van der Waals surface area contributed by atoms with Crippen LogP contribution in [0.1, 0.15) is 33.9 Å². The molecule has 0 aliphatic carbocycles. The first kappa shape index (κ1) is 23.2. The zero-order chi connectivity index (χ0) is 23.7. The topological polar surface area (TPSA) is 35.2 Å². The van der Waals surface area contributed by atoms with Gasteiger partial charge < -0.3 is 10.5 Å². The molecular weight excluding hydrogens is 443 g/mol. The minimum Gasteiger partial charge on any atom is -0.484 e. The molecule has 1 aliphatic rings. The highest BCUT2D eigenvalue weighted by Crippen LogP contribution is 2.39. The predicted octanol–water partition coefficient (Wildman–Crippen LogP) is 6.86. The van der Waals surface area contributed by atoms with Crippen LogP contribution in [0.5, 0.6) is 5.75 Å². The standard InChI is InChI=1S/C27H24F3NOS/c1-4-16(17-6-8-18(33-3)9-7-17)11-19-15(2)5-10-26-20(19)13-25(31)27(32-26)21-12-23(29)24(30)14-22(21)28/h4-12,14,25,27H,1,13,31H2,2-3H3/b16-11+. The second-order valence-corrected chi connectivity index (χ2v) is 8.88. The van der Waals surface area contributed by atoms with Crippen molar-refractivity contribution in [3.8, 4) is 5.75 Å². The Hall–Kier alpha value is -2.96. The van der Waals surface area contributed by atoms with E-state index in [4.69, 9.17) is 10.5 Å². The SMILES string of the molecule is C=C/C(=C\c1c(C)ccc2c1CC(N)C(c1cc(F)c(F)cc1F)O2)c1ccc(SC)cc1. The van der Waals surface area contributed by atoms with E-state index in [9.17, 15) is 13.2 Å². The number of thioether (sulfide) groups is 1. The Labute approximate surface area is 196 Å². The van der Waals surface area contributed by atoms with Crippen molar-refractivity contribution < 1.29 is 17.9 Å². The van der Waals surface area contributed by atoms with Gasteiger partial charge in [0, 0.05) is 22.1 Å². The average molecular weight is 468 g/mol. The summed E-state index contributed by atoms with van der Waals surface area (Å²) in [5.74, 6) is -2.72. The van der Waals surface area contributed by atoms with E-state index in [1.165, 1.54) is 4.90 Å². The average Bonchev–Trinajstić information content (AvgIpc) is 2.81. The molecule has 1 heterocycles. The molecule has 2 unspecified atom stereocenters. The first-order valence-electron chi connectivity index (χ1n) is 10.5. The normalized spacial score (nSPS) is 17.9. The van der Waals surface area contributed by atoms with Crippen LogP contribution in [-0.2, 0) is 6.42 Å². The largest absolute Gasteiger partial charge is 0.484 e. The zero-order valence-electron chi connectivity index (χ0n) is 18.4. The van der Waals surface area contributed by atoms with Crippen molar-refractivity contribution >= 4 is 23.4 Å². The lowest BCUT2D eigenvalue weighted by Gasteiger charge is -2.33. The lowest BCUT2D eigenvalue weighted by molar-refractivity contribution is 0.148. The summed E-state index contributed by atoms with van der Waals surface area (Å²) in [5.41, 5.74) is 11.1. The first-order chi connectivity index (χ1) is 15.8. The maximum absolute atomic E-state index is 14.4. The fraction of sp³-hybridized carbons (Fsp3) is 0.185. The molecule has 170 valence electrons. The third-order valence-electron chi connectivity index (χ3n) is 5.90. The van der Waals surface area contributed by atoms with Crippen LogP contribution in [0.2, 0.25) is 0 Å². The number of hydrogen-bond donors (Lipinski definition) is 1. The highest BCUT2D eigenvalue weighted by molar-refractivity contribution is 7.98. The molecule has 0 bridgehead atoms. The molecule has 3 aromatic rings. The van der Waals surface area contributed by atoms with Crippen LogP contribution in [0.15, 0.2) is 66.1 Å². The number of hydrogen-bond acceptors (Lipinski definition) is 3. The summed E-state index contributed by atoms with van der Waals surface area (Å²) in [7, 11) is 0. The summed E-state index contributed by atoms with van der Waals surface area (Å²) in [6, 6.07) is 12.6. The lowest BCUT2D eigenvalue weighted by Crippen LogP contribution is -2.38. The van der Waals surface area contributed by atoms with E-state index >= 15 is 0 Å². The fourth-order valence-electron chi connectivity index (χ4n) is 4.10. The molecule has 4 rings (SSSR count). The Balaban J connectivity index is 1.74. The van der Waals surface area contributed by atoms with E-state index in [2.05, 4.69) is 18.7 Å². The molecule has 3 aromatic carbocycles. The number of allylic oxidation sites excluding steroid dienone is 2. The van der Waals surface area contributed by atoms with Gasteiger partial charge in [-0.2, -0.15) is 0 Å². The van der Waals surface area contributed by atoms with Crippen molar-refractivity contribution in [1.82, 2.24) is 0 Å². The third-order valence-corrected chi connectivity index (χ3v) is 6.65. The Bertz CT molecular complexity index is 1240. The van der Waals surface area contributed by atoms with Crippen LogP contribution in [0.3, 0.4) is 0 Å². The van der Waals surface area contributed by atoms with Crippen molar-refractivity contribution in [2.24, 2.45) is 5.73 Å². The molecule has 0 aromatic heterocycles. The van der Waals surface area contributed by atoms with E-state index < -0.39 is 29.6 Å². The number of aryl methyl sites for hydroxylation is 1. The smallest absolute Gasteiger partial charge is 0.161 e. The second kappa shape index (κ2) is 9.49. The van der Waals surface area contributed by atoms with Gasteiger partial charge in [0.05, 0.1) is 6.04 Å². The van der Waals surface area contributed by atoms with Crippen LogP contribution in [-0.4, -0.2) is 12.3 Å². The van der Waals surface area contributed by atoms with Crippen molar-refractivity contribution in [2.45, 2.75) is 30.4 Å². The van der Waals surface area contributed by atoms with Crippen LogP contribution in [0.25, 0.3) is 11.6 Å². The van der Waals surface area contributed by atoms with Gasteiger partial charge >= 0.3 is 0 Å². The van der Waals surface area contributed by atoms with Crippen LogP contribution < -0.4 is 10.5 Å². The van der Waals surface area contributed by atoms with E-state index in [1.807, 2.05) is 37.5 Å². The highest BCUT2D eigenvalue weighted by Gasteiger charge is 2.33. The first-order valence-corrected chi connectivity index (χ1v) is 11.7. The van der Waals surface area contributed by atoms with Gasteiger partial charge in [0.25, 0.3) is 0 Å². The van der Waals surface area contributed by atoms with Gasteiger partial charge in [-0.05, 0) is 72.2 Å². The predicted molar refractivity (Wildman–Crippen MR) is 129 cm³/mol. The quantitative estimate of drug-likeness (QED) is 0.193. The molecule has 0 amide bonds. The number of nitrogens with two attached hydrogens (primary N) is 1. The van der Waals surface area contributed by atoms with Crippen LogP contribution in [0, 0.1) is 24.4 Å². The molecule has 33 heavy (non-hydrogen) atoms. The maximum Gasteiger partial charge on any atom is 0.161 e. The van der Waals surface area contributed by atoms with Gasteiger partial charge in [0.2, 0.25) is 0 Å². The van der Waals surface area contributed by atoms with E-state index in [-0.39, 0.29) is 5.56 Å². The molecule has 1 aliphatic heterocycles. The van der Waals surface area contributed by atoms with Crippen LogP contribution in [0.4, 0.5) is 13.2 Å². The van der Waals surface area contributed by atoms with E-state index in [0.29, 0.717) is 18.2 Å². The highest BCUT2D eigenvalue weighted by atomic mass is 32.2. The van der Waals surface area contributed by atoms with E-state index in [0.717, 1.165) is 33.9 Å². The van der Waals surface area contributed by atoms with Gasteiger partial charge in [0.1, 0.15) is 17.7 Å². The molecule has 0 saturated heterocycles. The Morgan fingerprint density at radius 1 is 1.06 bits per heavy atom. The van der Waals surface area contributed by atoms with Crippen LogP contribution >= 0.6 is 11.8 Å². The Kier molecular flexibility index (Phi) is 6.68. The molecule has 6 heteroatoms. The summed E-state index contributed by atoms with van der Waals surface area (Å²) in [6.45, 7) is 5.97. The molecular formula is C27H24F3NOS. The summed E-state index contributed by atoms with van der Waals surface area (Å²) in [4.78, 5) is 1.17. The number of benzene rings is 3. The summed E-state index contributed by atoms with van der Waals surface area (Å²) >= 11 is 1.68. The fourth-order valence-corrected chi connectivity index (χ4v) is 4.51. The molecule has 2 N–H and O–H groups in total. The van der Waals surface area contributed by atoms with Gasteiger partial charge in [-0.25, -0.2) is 13.2 Å². The van der Waals surface area contributed by atoms with Crippen molar-refractivity contribution in [2.75, 3.05) is 6.26 Å². The Morgan fingerprint density at radius 3 is 2.42 bits per heavy atom. The van der Waals surface area contributed by atoms with Crippen molar-refractivity contribution in [1.29, 1.82) is 0 Å². The van der Waals surface area contributed by atoms with Gasteiger partial charge in [-0.1, -0.05) is 30.9 Å². The Morgan fingerprint density at radius 2 is 1.76 bits per heavy atom. The molecule has 0 saturated carbocycles. The van der Waals surface area contributed by atoms with Gasteiger partial charge in [0.15, 0.2) is 11.6 Å². The molecule has 0 fully saturated rings. The number of fused-ring (bicyclic) bond motifs is 1. The molecule has 0 radical (unpaired) electrons. The molecule has 0 spiro atoms. The number of halogens is 3. The maximum atomic E-state index is 14.4. The number of rotatable bonds is 5. The minimum absolute atomic E-state index is 0.0922. The van der Waals surface area contributed by atoms with Gasteiger partial charge in [-0.15, -0.1) is 11.8 Å².